The third-order valence-corrected chi connectivity index (χ3v) is 6.76. The zero-order valence-electron chi connectivity index (χ0n) is 20.2. The van der Waals surface area contributed by atoms with E-state index in [9.17, 15) is 0 Å². The minimum Gasteiger partial charge on any atom is -0.379 e. The van der Waals surface area contributed by atoms with Gasteiger partial charge < -0.3 is 15.4 Å². The van der Waals surface area contributed by atoms with E-state index >= 15 is 0 Å². The Balaban J connectivity index is 1.39. The van der Waals surface area contributed by atoms with E-state index in [-0.39, 0.29) is 5.41 Å². The molecule has 2 aliphatic carbocycles. The highest BCUT2D eigenvalue weighted by molar-refractivity contribution is 5.80. The fraction of sp³-hybridized carbons (Fsp3) is 0.920. The van der Waals surface area contributed by atoms with Gasteiger partial charge in [0.05, 0.1) is 19.3 Å². The van der Waals surface area contributed by atoms with E-state index in [1.807, 2.05) is 0 Å². The van der Waals surface area contributed by atoms with Crippen molar-refractivity contribution in [2.24, 2.45) is 15.4 Å². The number of ether oxygens (including phenoxy) is 1. The molecule has 1 aliphatic heterocycles. The molecule has 1 heterocycles. The molecule has 3 rings (SSSR count). The molecular formula is C25H47N5O. The molecule has 2 saturated carbocycles. The molecule has 3 fully saturated rings. The van der Waals surface area contributed by atoms with Crippen molar-refractivity contribution in [3.05, 3.63) is 0 Å². The van der Waals surface area contributed by atoms with Crippen LogP contribution >= 0.6 is 0 Å². The van der Waals surface area contributed by atoms with E-state index in [0.29, 0.717) is 12.1 Å². The van der Waals surface area contributed by atoms with E-state index in [1.54, 1.807) is 0 Å². The predicted octanol–water partition coefficient (Wildman–Crippen LogP) is 4.01. The average molecular weight is 434 g/mol. The van der Waals surface area contributed by atoms with Crippen molar-refractivity contribution in [3.8, 4) is 0 Å². The maximum absolute atomic E-state index is 5.46. The summed E-state index contributed by atoms with van der Waals surface area (Å²) in [4.78, 5) is 12.3. The molecule has 31 heavy (non-hydrogen) atoms. The molecule has 6 nitrogen and oxygen atoms in total. The van der Waals surface area contributed by atoms with Gasteiger partial charge in [0.15, 0.2) is 5.96 Å². The summed E-state index contributed by atoms with van der Waals surface area (Å²) in [5.74, 6) is 1.05. The molecule has 0 aromatic carbocycles. The molecular weight excluding hydrogens is 386 g/mol. The number of aliphatic imine (C=N–C) groups is 2. The van der Waals surface area contributed by atoms with Crippen molar-refractivity contribution in [1.82, 2.24) is 15.5 Å². The van der Waals surface area contributed by atoms with Crippen molar-refractivity contribution >= 4 is 12.2 Å². The third kappa shape index (κ3) is 9.90. The van der Waals surface area contributed by atoms with Gasteiger partial charge in [0, 0.05) is 50.4 Å². The fourth-order valence-corrected chi connectivity index (χ4v) is 5.03. The highest BCUT2D eigenvalue weighted by Crippen LogP contribution is 2.21. The van der Waals surface area contributed by atoms with Crippen molar-refractivity contribution in [2.75, 3.05) is 45.9 Å². The van der Waals surface area contributed by atoms with Crippen LogP contribution in [0.2, 0.25) is 0 Å². The smallest absolute Gasteiger partial charge is 0.191 e. The Kier molecular flexibility index (Phi) is 10.6. The summed E-state index contributed by atoms with van der Waals surface area (Å²) in [7, 11) is 0. The van der Waals surface area contributed by atoms with Crippen LogP contribution in [-0.4, -0.2) is 75.1 Å². The van der Waals surface area contributed by atoms with E-state index in [2.05, 4.69) is 35.6 Å². The number of guanidine groups is 1. The molecule has 6 heteroatoms. The number of hydrogen-bond acceptors (Lipinski definition) is 4. The first-order chi connectivity index (χ1) is 15.1. The van der Waals surface area contributed by atoms with Crippen LogP contribution in [0.5, 0.6) is 0 Å². The molecule has 2 N–H and O–H groups in total. The van der Waals surface area contributed by atoms with E-state index in [0.717, 1.165) is 58.3 Å². The first-order valence-electron chi connectivity index (χ1n) is 13.0. The van der Waals surface area contributed by atoms with Crippen LogP contribution in [0.15, 0.2) is 9.98 Å². The van der Waals surface area contributed by atoms with Crippen LogP contribution in [0.4, 0.5) is 0 Å². The molecule has 0 atom stereocenters. The van der Waals surface area contributed by atoms with Gasteiger partial charge in [0.25, 0.3) is 0 Å². The molecule has 0 unspecified atom stereocenters. The maximum atomic E-state index is 5.46. The normalized spacial score (nSPS) is 23.4. The Labute approximate surface area is 190 Å². The number of nitrogens with one attached hydrogen (secondary N) is 2. The van der Waals surface area contributed by atoms with Crippen LogP contribution < -0.4 is 10.6 Å². The van der Waals surface area contributed by atoms with Gasteiger partial charge in [0.2, 0.25) is 0 Å². The highest BCUT2D eigenvalue weighted by Gasteiger charge is 2.21. The average Bonchev–Trinajstić information content (AvgIpc) is 2.78. The molecule has 0 spiro atoms. The van der Waals surface area contributed by atoms with Crippen molar-refractivity contribution in [2.45, 2.75) is 96.6 Å². The largest absolute Gasteiger partial charge is 0.379 e. The van der Waals surface area contributed by atoms with Crippen LogP contribution in [0.1, 0.15) is 84.5 Å². The molecule has 0 amide bonds. The van der Waals surface area contributed by atoms with Gasteiger partial charge in [-0.25, -0.2) is 4.99 Å². The Morgan fingerprint density at radius 3 is 2.39 bits per heavy atom. The minimum absolute atomic E-state index is 0.112. The number of nitrogens with zero attached hydrogens (tertiary/aromatic N) is 3. The summed E-state index contributed by atoms with van der Waals surface area (Å²) in [6, 6.07) is 1.11. The topological polar surface area (TPSA) is 61.2 Å². The monoisotopic (exact) mass is 433 g/mol. The Hall–Kier alpha value is -1.14. The first-order valence-corrected chi connectivity index (χ1v) is 13.0. The minimum atomic E-state index is 0.112. The second kappa shape index (κ2) is 13.4. The molecule has 178 valence electrons. The Morgan fingerprint density at radius 2 is 1.68 bits per heavy atom. The summed E-state index contributed by atoms with van der Waals surface area (Å²) < 4.78 is 5.46. The van der Waals surface area contributed by atoms with Crippen molar-refractivity contribution in [3.63, 3.8) is 0 Å². The molecule has 3 aliphatic rings. The fourth-order valence-electron chi connectivity index (χ4n) is 5.03. The van der Waals surface area contributed by atoms with Crippen molar-refractivity contribution < 1.29 is 4.74 Å². The SMILES string of the molecule is CC(C)(C=NCCCNC(=NC1CCCCC1)NC1CCCCC1)CN1CCOCC1. The third-order valence-electron chi connectivity index (χ3n) is 6.76. The van der Waals surface area contributed by atoms with E-state index < -0.39 is 0 Å². The Morgan fingerprint density at radius 1 is 1.00 bits per heavy atom. The lowest BCUT2D eigenvalue weighted by Crippen LogP contribution is -2.45. The van der Waals surface area contributed by atoms with Gasteiger partial charge in [-0.3, -0.25) is 9.89 Å². The van der Waals surface area contributed by atoms with Gasteiger partial charge in [-0.2, -0.15) is 0 Å². The van der Waals surface area contributed by atoms with Crippen LogP contribution in [0.25, 0.3) is 0 Å². The highest BCUT2D eigenvalue weighted by atomic mass is 16.5. The summed E-state index contributed by atoms with van der Waals surface area (Å²) >= 11 is 0. The van der Waals surface area contributed by atoms with Gasteiger partial charge in [-0.05, 0) is 32.1 Å². The van der Waals surface area contributed by atoms with Crippen LogP contribution in [0, 0.1) is 5.41 Å². The zero-order chi connectivity index (χ0) is 21.8. The van der Waals surface area contributed by atoms with Crippen LogP contribution in [0.3, 0.4) is 0 Å². The lowest BCUT2D eigenvalue weighted by atomic mass is 9.94. The number of hydrogen-bond donors (Lipinski definition) is 2. The number of morpholine rings is 1. The maximum Gasteiger partial charge on any atom is 0.191 e. The first kappa shape index (κ1) is 24.5. The number of rotatable bonds is 9. The molecule has 0 bridgehead atoms. The van der Waals surface area contributed by atoms with Gasteiger partial charge >= 0.3 is 0 Å². The summed E-state index contributed by atoms with van der Waals surface area (Å²) in [6.45, 7) is 11.2. The molecule has 0 aromatic heterocycles. The van der Waals surface area contributed by atoms with E-state index in [1.165, 1.54) is 64.2 Å². The molecule has 0 aromatic rings. The zero-order valence-corrected chi connectivity index (χ0v) is 20.2. The molecule has 1 saturated heterocycles. The van der Waals surface area contributed by atoms with Crippen molar-refractivity contribution in [1.29, 1.82) is 0 Å². The lowest BCUT2D eigenvalue weighted by molar-refractivity contribution is 0.0289. The summed E-state index contributed by atoms with van der Waals surface area (Å²) in [6.07, 6.45) is 16.4. The van der Waals surface area contributed by atoms with E-state index in [4.69, 9.17) is 14.7 Å². The Bertz CT molecular complexity index is 544. The van der Waals surface area contributed by atoms with Gasteiger partial charge in [-0.15, -0.1) is 0 Å². The van der Waals surface area contributed by atoms with Gasteiger partial charge in [0.1, 0.15) is 0 Å². The molecule has 0 radical (unpaired) electrons. The lowest BCUT2D eigenvalue weighted by Gasteiger charge is -2.32. The van der Waals surface area contributed by atoms with Gasteiger partial charge in [-0.1, -0.05) is 52.4 Å². The summed E-state index contributed by atoms with van der Waals surface area (Å²) in [5.41, 5.74) is 0.112. The second-order valence-corrected chi connectivity index (χ2v) is 10.4. The quantitative estimate of drug-likeness (QED) is 0.328. The van der Waals surface area contributed by atoms with Crippen LogP contribution in [-0.2, 0) is 4.74 Å². The predicted molar refractivity (Wildman–Crippen MR) is 131 cm³/mol. The standard InChI is InChI=1S/C25H47N5O/c1-25(2,21-30-16-18-31-19-17-30)20-26-14-9-15-27-24(28-22-10-5-3-6-11-22)29-23-12-7-4-8-13-23/h20,22-23H,3-19,21H2,1-2H3,(H2,27,28,29). The summed E-state index contributed by atoms with van der Waals surface area (Å²) in [5, 5.41) is 7.37. The second-order valence-electron chi connectivity index (χ2n) is 10.4.